The van der Waals surface area contributed by atoms with E-state index in [2.05, 4.69) is 55.2 Å². The summed E-state index contributed by atoms with van der Waals surface area (Å²) in [5.74, 6) is -8.53. The van der Waals surface area contributed by atoms with E-state index >= 15 is 0 Å². The van der Waals surface area contributed by atoms with Gasteiger partial charge in [0, 0.05) is 18.8 Å². The number of carboxylic acid groups (broad SMARTS) is 1. The fourth-order valence-electron chi connectivity index (χ4n) is 9.47. The van der Waals surface area contributed by atoms with E-state index in [9.17, 15) is 63.3 Å². The van der Waals surface area contributed by atoms with Crippen LogP contribution in [0, 0.1) is 5.92 Å². The average molecular weight is 1100 g/mol. The maximum atomic E-state index is 14.4. The van der Waals surface area contributed by atoms with Crippen LogP contribution in [0.3, 0.4) is 0 Å². The second kappa shape index (κ2) is 33.9. The second-order valence-corrected chi connectivity index (χ2v) is 20.4. The second-order valence-electron chi connectivity index (χ2n) is 20.0. The largest absolute Gasteiger partial charge is 0.480 e. The van der Waals surface area contributed by atoms with Crippen LogP contribution in [0.4, 0.5) is 0 Å². The van der Waals surface area contributed by atoms with E-state index in [1.54, 1.807) is 13.8 Å². The Bertz CT molecular complexity index is 1950. The number of carbonyl (C=O) groups is 10. The standard InChI is InChI=1S/C49H87N13O13S/c1-4-28(2)38(48(73)62-25-13-19-37(62)47(72)61-24-12-18-36(61)45(70)56-33(49(74)75)16-7-10-22-52)59-43(68)34(26-63)57-41(66)32(15-6-9-21-51)55-46(71)39(29(3)64)60-44(69)35(27-76)58-42(67)31(14-5-8-20-50)54-40(65)30-17-11-23-53-30/h28-39,53,63-64,76H,4-27,50-52H2,1-3H3,(H,54,65)(H,55,71)(H,56,70)(H,57,66)(H,58,67)(H,59,68)(H,60,69)(H,74,75)/t28-,29+,30-,31-,32-,33-,34-,35-,36-,37-,38-,39-/m0/s1. The van der Waals surface area contributed by atoms with Crippen molar-refractivity contribution in [2.24, 2.45) is 23.1 Å². The van der Waals surface area contributed by atoms with Gasteiger partial charge >= 0.3 is 5.97 Å². The lowest BCUT2D eigenvalue weighted by Crippen LogP contribution is -2.62. The molecule has 12 atom stereocenters. The highest BCUT2D eigenvalue weighted by atomic mass is 32.1. The van der Waals surface area contributed by atoms with Gasteiger partial charge in [0.1, 0.15) is 54.4 Å². The summed E-state index contributed by atoms with van der Waals surface area (Å²) in [6.07, 6.45) is 4.89. The summed E-state index contributed by atoms with van der Waals surface area (Å²) in [5, 5.41) is 52.0. The number of thiol groups is 1. The van der Waals surface area contributed by atoms with Crippen molar-refractivity contribution >= 4 is 71.8 Å². The summed E-state index contributed by atoms with van der Waals surface area (Å²) in [6.45, 7) is 5.74. The van der Waals surface area contributed by atoms with E-state index in [0.29, 0.717) is 90.3 Å². The molecule has 3 aliphatic heterocycles. The molecule has 17 N–H and O–H groups in total. The fraction of sp³-hybridized carbons (Fsp3) is 0.796. The zero-order chi connectivity index (χ0) is 56.5. The molecule has 0 aromatic heterocycles. The van der Waals surface area contributed by atoms with Gasteiger partial charge in [-0.15, -0.1) is 0 Å². The van der Waals surface area contributed by atoms with Crippen LogP contribution in [0.5, 0.6) is 0 Å². The third-order valence-electron chi connectivity index (χ3n) is 14.2. The van der Waals surface area contributed by atoms with Crippen molar-refractivity contribution in [3.8, 4) is 0 Å². The van der Waals surface area contributed by atoms with Crippen molar-refractivity contribution in [2.45, 2.75) is 190 Å². The molecule has 432 valence electrons. The first-order valence-electron chi connectivity index (χ1n) is 27.0. The number of aliphatic hydroxyl groups is 2. The number of nitrogens with two attached hydrogens (primary N) is 3. The third kappa shape index (κ3) is 19.7. The van der Waals surface area contributed by atoms with Gasteiger partial charge in [0.05, 0.1) is 18.8 Å². The van der Waals surface area contributed by atoms with Gasteiger partial charge < -0.3 is 84.9 Å². The van der Waals surface area contributed by atoms with Crippen LogP contribution in [0.25, 0.3) is 0 Å². The van der Waals surface area contributed by atoms with Crippen LogP contribution in [0.15, 0.2) is 0 Å². The molecule has 0 unspecified atom stereocenters. The molecule has 3 fully saturated rings. The van der Waals surface area contributed by atoms with E-state index in [-0.39, 0.29) is 57.0 Å². The Labute approximate surface area is 450 Å². The first kappa shape index (κ1) is 65.1. The number of amides is 9. The lowest BCUT2D eigenvalue weighted by Gasteiger charge is -2.35. The summed E-state index contributed by atoms with van der Waals surface area (Å²) in [4.78, 5) is 139. The lowest BCUT2D eigenvalue weighted by atomic mass is 9.96. The quantitative estimate of drug-likeness (QED) is 0.0215. The van der Waals surface area contributed by atoms with Crippen molar-refractivity contribution in [1.82, 2.24) is 52.3 Å². The number of rotatable bonds is 34. The molecule has 3 saturated heterocycles. The maximum Gasteiger partial charge on any atom is 0.326 e. The van der Waals surface area contributed by atoms with Crippen molar-refractivity contribution in [3.63, 3.8) is 0 Å². The Hall–Kier alpha value is -5.19. The van der Waals surface area contributed by atoms with E-state index in [0.717, 1.165) is 6.42 Å². The molecule has 27 heteroatoms. The number of nitrogens with one attached hydrogen (secondary N) is 8. The number of unbranched alkanes of at least 4 members (excludes halogenated alkanes) is 3. The molecule has 0 radical (unpaired) electrons. The maximum absolute atomic E-state index is 14.4. The zero-order valence-corrected chi connectivity index (χ0v) is 45.3. The summed E-state index contributed by atoms with van der Waals surface area (Å²) in [5.41, 5.74) is 16.9. The Morgan fingerprint density at radius 2 is 1.08 bits per heavy atom. The first-order chi connectivity index (χ1) is 36.3. The summed E-state index contributed by atoms with van der Waals surface area (Å²) in [6, 6.07) is -11.9. The van der Waals surface area contributed by atoms with Crippen LogP contribution in [0.2, 0.25) is 0 Å². The molecule has 3 rings (SSSR count). The van der Waals surface area contributed by atoms with E-state index < -0.39 is 132 Å². The number of likely N-dealkylation sites (tertiary alicyclic amines) is 2. The molecule has 9 amide bonds. The minimum Gasteiger partial charge on any atom is -0.480 e. The third-order valence-corrected chi connectivity index (χ3v) is 14.6. The number of carbonyl (C=O) groups excluding carboxylic acids is 9. The van der Waals surface area contributed by atoms with Crippen molar-refractivity contribution in [1.29, 1.82) is 0 Å². The van der Waals surface area contributed by atoms with E-state index in [1.807, 2.05) is 0 Å². The Balaban J connectivity index is 1.74. The van der Waals surface area contributed by atoms with Crippen LogP contribution >= 0.6 is 12.6 Å². The number of nitrogens with zero attached hydrogens (tertiary/aromatic N) is 2. The molecule has 0 saturated carbocycles. The van der Waals surface area contributed by atoms with Gasteiger partial charge in [0.25, 0.3) is 0 Å². The topological polar surface area (TPSA) is 412 Å². The molecule has 26 nitrogen and oxygen atoms in total. The predicted molar refractivity (Wildman–Crippen MR) is 282 cm³/mol. The van der Waals surface area contributed by atoms with Gasteiger partial charge in [-0.3, -0.25) is 43.2 Å². The summed E-state index contributed by atoms with van der Waals surface area (Å²) >= 11 is 4.24. The van der Waals surface area contributed by atoms with Crippen LogP contribution in [-0.2, 0) is 47.9 Å². The SMILES string of the molecule is CC[C@H](C)[C@H](NC(=O)[C@H](CO)NC(=O)[C@H](CCCCN)NC(=O)[C@@H](NC(=O)[C@H](CS)NC(=O)[C@H](CCCCN)NC(=O)[C@@H]1CCCN1)[C@@H](C)O)C(=O)N1CCC[C@H]1C(=O)N1CCC[C@H]1C(=O)N[C@@H](CCCCN)C(=O)O. The molecular weight excluding hydrogens is 1010 g/mol. The van der Waals surface area contributed by atoms with Gasteiger partial charge in [-0.25, -0.2) is 4.79 Å². The van der Waals surface area contributed by atoms with Gasteiger partial charge in [-0.1, -0.05) is 20.3 Å². The Kier molecular flexibility index (Phi) is 29.0. The Morgan fingerprint density at radius 1 is 0.592 bits per heavy atom. The number of carboxylic acids is 1. The predicted octanol–water partition coefficient (Wildman–Crippen LogP) is -4.07. The fourth-order valence-corrected chi connectivity index (χ4v) is 9.73. The molecule has 0 spiro atoms. The molecule has 0 aromatic rings. The number of aliphatic hydroxyl groups excluding tert-OH is 2. The number of hydrogen-bond acceptors (Lipinski definition) is 17. The first-order valence-corrected chi connectivity index (χ1v) is 27.6. The summed E-state index contributed by atoms with van der Waals surface area (Å²) < 4.78 is 0. The molecule has 3 aliphatic rings. The molecule has 76 heavy (non-hydrogen) atoms. The van der Waals surface area contributed by atoms with Gasteiger partial charge in [0.15, 0.2) is 0 Å². The van der Waals surface area contributed by atoms with Gasteiger partial charge in [-0.2, -0.15) is 12.6 Å². The number of aliphatic carboxylic acids is 1. The minimum absolute atomic E-state index is 0.0369. The van der Waals surface area contributed by atoms with Crippen molar-refractivity contribution < 1.29 is 63.3 Å². The van der Waals surface area contributed by atoms with Crippen molar-refractivity contribution in [3.05, 3.63) is 0 Å². The highest BCUT2D eigenvalue weighted by Crippen LogP contribution is 2.27. The Morgan fingerprint density at radius 3 is 1.59 bits per heavy atom. The van der Waals surface area contributed by atoms with Gasteiger partial charge in [-0.05, 0) is 135 Å². The normalized spacial score (nSPS) is 20.9. The van der Waals surface area contributed by atoms with Gasteiger partial charge in [0.2, 0.25) is 53.2 Å². The molecule has 0 aliphatic carbocycles. The van der Waals surface area contributed by atoms with Crippen LogP contribution in [-0.4, -0.2) is 202 Å². The minimum atomic E-state index is -1.68. The molecular formula is C49H87N13O13S. The van der Waals surface area contributed by atoms with Crippen molar-refractivity contribution in [2.75, 3.05) is 51.6 Å². The lowest BCUT2D eigenvalue weighted by molar-refractivity contribution is -0.149. The highest BCUT2D eigenvalue weighted by molar-refractivity contribution is 7.80. The smallest absolute Gasteiger partial charge is 0.326 e. The molecule has 0 bridgehead atoms. The van der Waals surface area contributed by atoms with Crippen LogP contribution in [0.1, 0.15) is 124 Å². The molecule has 3 heterocycles. The average Bonchev–Trinajstić information content (AvgIpc) is 4.23. The number of hydrogen-bond donors (Lipinski definition) is 15. The molecule has 0 aromatic carbocycles. The summed E-state index contributed by atoms with van der Waals surface area (Å²) in [7, 11) is 0. The highest BCUT2D eigenvalue weighted by Gasteiger charge is 2.45. The van der Waals surface area contributed by atoms with E-state index in [1.165, 1.54) is 16.7 Å². The van der Waals surface area contributed by atoms with E-state index in [4.69, 9.17) is 17.2 Å². The van der Waals surface area contributed by atoms with Crippen LogP contribution < -0.4 is 59.7 Å². The zero-order valence-electron chi connectivity index (χ0n) is 44.4. The monoisotopic (exact) mass is 1100 g/mol.